The number of nitro groups is 1. The Morgan fingerprint density at radius 3 is 2.70 bits per heavy atom. The van der Waals surface area contributed by atoms with Crippen molar-refractivity contribution in [1.82, 2.24) is 4.98 Å². The number of nitro benzene ring substituents is 1. The molecule has 6 heteroatoms. The predicted octanol–water partition coefficient (Wildman–Crippen LogP) is 4.14. The third-order valence-corrected chi connectivity index (χ3v) is 3.32. The Kier molecular flexibility index (Phi) is 4.05. The molecule has 0 unspecified atom stereocenters. The van der Waals surface area contributed by atoms with Gasteiger partial charge in [-0.3, -0.25) is 10.1 Å². The van der Waals surface area contributed by atoms with Crippen molar-refractivity contribution in [2.75, 3.05) is 0 Å². The second-order valence-electron chi connectivity index (χ2n) is 4.93. The highest BCUT2D eigenvalue weighted by Crippen LogP contribution is 2.24. The Morgan fingerprint density at radius 1 is 1.17 bits per heavy atom. The van der Waals surface area contributed by atoms with Crippen LogP contribution in [-0.4, -0.2) is 9.91 Å². The first kappa shape index (κ1) is 14.8. The summed E-state index contributed by atoms with van der Waals surface area (Å²) in [5.41, 5.74) is 1.54. The Balaban J connectivity index is 1.75. The molecule has 0 aliphatic heterocycles. The van der Waals surface area contributed by atoms with Crippen LogP contribution in [-0.2, 0) is 6.61 Å². The summed E-state index contributed by atoms with van der Waals surface area (Å²) in [4.78, 5) is 14.7. The molecule has 0 amide bonds. The number of ether oxygens (including phenoxy) is 1. The molecule has 23 heavy (non-hydrogen) atoms. The summed E-state index contributed by atoms with van der Waals surface area (Å²) in [7, 11) is 0. The zero-order chi connectivity index (χ0) is 16.2. The lowest BCUT2D eigenvalue weighted by molar-refractivity contribution is -0.384. The maximum absolute atomic E-state index is 10.8. The molecule has 0 aliphatic carbocycles. The van der Waals surface area contributed by atoms with Crippen molar-refractivity contribution in [1.29, 1.82) is 0 Å². The smallest absolute Gasteiger partial charge is 0.273 e. The molecule has 0 bridgehead atoms. The second kappa shape index (κ2) is 6.31. The molecule has 0 atom stereocenters. The molecule has 116 valence electrons. The Labute approximate surface area is 132 Å². The Bertz CT molecular complexity index is 828. The van der Waals surface area contributed by atoms with Gasteiger partial charge in [-0.15, -0.1) is 0 Å². The first-order chi connectivity index (χ1) is 11.1. The lowest BCUT2D eigenvalue weighted by atomic mass is 10.2. The highest BCUT2D eigenvalue weighted by molar-refractivity contribution is 5.53. The van der Waals surface area contributed by atoms with Crippen LogP contribution in [0.25, 0.3) is 11.5 Å². The summed E-state index contributed by atoms with van der Waals surface area (Å²) < 4.78 is 11.2. The number of aromatic nitrogens is 1. The fourth-order valence-corrected chi connectivity index (χ4v) is 2.10. The molecule has 3 aromatic rings. The highest BCUT2D eigenvalue weighted by atomic mass is 16.6. The number of hydrogen-bond acceptors (Lipinski definition) is 5. The van der Waals surface area contributed by atoms with E-state index < -0.39 is 4.92 Å². The van der Waals surface area contributed by atoms with Crippen molar-refractivity contribution >= 4 is 5.69 Å². The van der Waals surface area contributed by atoms with Crippen LogP contribution < -0.4 is 4.74 Å². The quantitative estimate of drug-likeness (QED) is 0.523. The van der Waals surface area contributed by atoms with Crippen LogP contribution in [0, 0.1) is 17.0 Å². The summed E-state index contributed by atoms with van der Waals surface area (Å²) in [6.45, 7) is 1.99. The molecule has 0 aliphatic rings. The molecular weight excluding hydrogens is 296 g/mol. The van der Waals surface area contributed by atoms with Gasteiger partial charge >= 0.3 is 0 Å². The monoisotopic (exact) mass is 310 g/mol. The largest absolute Gasteiger partial charge is 0.487 e. The summed E-state index contributed by atoms with van der Waals surface area (Å²) in [5.74, 6) is 1.61. The fraction of sp³-hybridized carbons (Fsp3) is 0.118. The van der Waals surface area contributed by atoms with Crippen molar-refractivity contribution in [2.45, 2.75) is 13.5 Å². The molecule has 0 saturated heterocycles. The van der Waals surface area contributed by atoms with Crippen LogP contribution in [0.1, 0.15) is 11.5 Å². The van der Waals surface area contributed by atoms with Crippen LogP contribution in [0.15, 0.2) is 59.0 Å². The van der Waals surface area contributed by atoms with Crippen molar-refractivity contribution in [3.8, 4) is 17.2 Å². The zero-order valence-electron chi connectivity index (χ0n) is 12.4. The molecule has 1 aromatic heterocycles. The van der Waals surface area contributed by atoms with Gasteiger partial charge in [-0.25, -0.2) is 4.98 Å². The minimum atomic E-state index is -0.457. The number of aryl methyl sites for hydroxylation is 1. The topological polar surface area (TPSA) is 78.4 Å². The van der Waals surface area contributed by atoms with E-state index in [1.165, 1.54) is 12.1 Å². The van der Waals surface area contributed by atoms with E-state index >= 15 is 0 Å². The molecule has 0 spiro atoms. The van der Waals surface area contributed by atoms with E-state index in [-0.39, 0.29) is 12.3 Å². The van der Waals surface area contributed by atoms with Gasteiger partial charge in [-0.05, 0) is 25.1 Å². The van der Waals surface area contributed by atoms with E-state index in [4.69, 9.17) is 9.15 Å². The first-order valence-corrected chi connectivity index (χ1v) is 7.02. The van der Waals surface area contributed by atoms with E-state index in [1.54, 1.807) is 12.1 Å². The summed E-state index contributed by atoms with van der Waals surface area (Å²) in [6, 6.07) is 15.6. The number of hydrogen-bond donors (Lipinski definition) is 0. The van der Waals surface area contributed by atoms with E-state index in [1.807, 2.05) is 37.3 Å². The predicted molar refractivity (Wildman–Crippen MR) is 84.1 cm³/mol. The standard InChI is InChI=1S/C17H14N2O4/c1-12-16(18-17(23-12)13-6-3-2-4-7-13)11-22-15-9-5-8-14(10-15)19(20)21/h2-10H,11H2,1H3. The SMILES string of the molecule is Cc1oc(-c2ccccc2)nc1COc1cccc([N+](=O)[O-])c1. The van der Waals surface area contributed by atoms with Gasteiger partial charge in [0.1, 0.15) is 23.8 Å². The van der Waals surface area contributed by atoms with Gasteiger partial charge in [0, 0.05) is 11.6 Å². The minimum Gasteiger partial charge on any atom is -0.487 e. The molecule has 2 aromatic carbocycles. The highest BCUT2D eigenvalue weighted by Gasteiger charge is 2.12. The van der Waals surface area contributed by atoms with Crippen LogP contribution in [0.5, 0.6) is 5.75 Å². The lowest BCUT2D eigenvalue weighted by Gasteiger charge is -2.03. The molecule has 1 heterocycles. The van der Waals surface area contributed by atoms with Gasteiger partial charge in [0.05, 0.1) is 11.0 Å². The normalized spacial score (nSPS) is 10.5. The summed E-state index contributed by atoms with van der Waals surface area (Å²) in [5, 5.41) is 10.8. The van der Waals surface area contributed by atoms with E-state index in [0.29, 0.717) is 23.1 Å². The van der Waals surface area contributed by atoms with Crippen LogP contribution >= 0.6 is 0 Å². The van der Waals surface area contributed by atoms with E-state index in [2.05, 4.69) is 4.98 Å². The molecule has 0 fully saturated rings. The van der Waals surface area contributed by atoms with Crippen molar-refractivity contribution in [2.24, 2.45) is 0 Å². The average molecular weight is 310 g/mol. The molecule has 0 N–H and O–H groups in total. The van der Waals surface area contributed by atoms with Crippen LogP contribution in [0.2, 0.25) is 0 Å². The molecule has 6 nitrogen and oxygen atoms in total. The van der Waals surface area contributed by atoms with Gasteiger partial charge in [0.15, 0.2) is 0 Å². The number of non-ortho nitro benzene ring substituents is 1. The molecule has 0 radical (unpaired) electrons. The number of oxazole rings is 1. The number of rotatable bonds is 5. The first-order valence-electron chi connectivity index (χ1n) is 7.02. The van der Waals surface area contributed by atoms with Crippen molar-refractivity contribution in [3.05, 3.63) is 76.2 Å². The number of benzene rings is 2. The van der Waals surface area contributed by atoms with Crippen LogP contribution in [0.3, 0.4) is 0 Å². The van der Waals surface area contributed by atoms with Crippen LogP contribution in [0.4, 0.5) is 5.69 Å². The molecule has 3 rings (SSSR count). The summed E-state index contributed by atoms with van der Waals surface area (Å²) in [6.07, 6.45) is 0. The lowest BCUT2D eigenvalue weighted by Crippen LogP contribution is -1.98. The zero-order valence-corrected chi connectivity index (χ0v) is 12.4. The second-order valence-corrected chi connectivity index (χ2v) is 4.93. The Hall–Kier alpha value is -3.15. The van der Waals surface area contributed by atoms with E-state index in [0.717, 1.165) is 5.56 Å². The van der Waals surface area contributed by atoms with Gasteiger partial charge < -0.3 is 9.15 Å². The van der Waals surface area contributed by atoms with Crippen molar-refractivity contribution in [3.63, 3.8) is 0 Å². The van der Waals surface area contributed by atoms with E-state index in [9.17, 15) is 10.1 Å². The minimum absolute atomic E-state index is 0.00986. The maximum atomic E-state index is 10.8. The third kappa shape index (κ3) is 3.37. The van der Waals surface area contributed by atoms with Gasteiger partial charge in [0.25, 0.3) is 5.69 Å². The third-order valence-electron chi connectivity index (χ3n) is 3.32. The van der Waals surface area contributed by atoms with Gasteiger partial charge in [0.2, 0.25) is 5.89 Å². The van der Waals surface area contributed by atoms with Gasteiger partial charge in [-0.2, -0.15) is 0 Å². The maximum Gasteiger partial charge on any atom is 0.273 e. The van der Waals surface area contributed by atoms with Crippen molar-refractivity contribution < 1.29 is 14.1 Å². The Morgan fingerprint density at radius 2 is 1.96 bits per heavy atom. The fourth-order valence-electron chi connectivity index (χ4n) is 2.10. The number of nitrogens with zero attached hydrogens (tertiary/aromatic N) is 2. The molecular formula is C17H14N2O4. The van der Waals surface area contributed by atoms with Gasteiger partial charge in [-0.1, -0.05) is 24.3 Å². The molecule has 0 saturated carbocycles. The summed E-state index contributed by atoms with van der Waals surface area (Å²) >= 11 is 0. The average Bonchev–Trinajstić information content (AvgIpc) is 2.95.